The minimum atomic E-state index is -0.848. The molecule has 0 aliphatic carbocycles. The summed E-state index contributed by atoms with van der Waals surface area (Å²) in [6.45, 7) is 5.73. The maximum Gasteiger partial charge on any atom is 0.257 e. The van der Waals surface area contributed by atoms with Crippen LogP contribution in [0.1, 0.15) is 48.7 Å². The maximum atomic E-state index is 14.1. The van der Waals surface area contributed by atoms with Gasteiger partial charge in [0.15, 0.2) is 0 Å². The van der Waals surface area contributed by atoms with Crippen molar-refractivity contribution in [3.05, 3.63) is 102 Å². The lowest BCUT2D eigenvalue weighted by molar-refractivity contribution is -0.130. The molecule has 6 nitrogen and oxygen atoms in total. The first-order valence-electron chi connectivity index (χ1n) is 12.4. The van der Waals surface area contributed by atoms with Crippen molar-refractivity contribution in [2.75, 3.05) is 5.32 Å². The number of nitrogens with zero attached hydrogens (tertiary/aromatic N) is 1. The molecule has 3 aromatic carbocycles. The van der Waals surface area contributed by atoms with E-state index in [0.29, 0.717) is 30.5 Å². The van der Waals surface area contributed by atoms with E-state index in [1.807, 2.05) is 81.4 Å². The topological polar surface area (TPSA) is 78.5 Å². The van der Waals surface area contributed by atoms with Crippen molar-refractivity contribution in [1.29, 1.82) is 0 Å². The summed E-state index contributed by atoms with van der Waals surface area (Å²) in [5, 5.41) is 5.99. The Bertz CT molecular complexity index is 1220. The predicted octanol–water partition coefficient (Wildman–Crippen LogP) is 4.61. The zero-order chi connectivity index (χ0) is 25.7. The SMILES string of the molecule is CC(C)(C)NC(=O)C(CCc1ccccc1)N1C(=O)c2ccccc2NC(=O)C1Cc1ccccc1. The summed E-state index contributed by atoms with van der Waals surface area (Å²) >= 11 is 0. The van der Waals surface area contributed by atoms with Crippen molar-refractivity contribution in [3.8, 4) is 0 Å². The molecule has 0 saturated heterocycles. The van der Waals surface area contributed by atoms with E-state index < -0.39 is 17.6 Å². The van der Waals surface area contributed by atoms with Crippen LogP contribution in [0.3, 0.4) is 0 Å². The van der Waals surface area contributed by atoms with Crippen LogP contribution in [0.5, 0.6) is 0 Å². The largest absolute Gasteiger partial charge is 0.350 e. The van der Waals surface area contributed by atoms with Crippen molar-refractivity contribution in [3.63, 3.8) is 0 Å². The Morgan fingerprint density at radius 1 is 0.889 bits per heavy atom. The molecule has 0 bridgehead atoms. The molecule has 0 radical (unpaired) electrons. The van der Waals surface area contributed by atoms with E-state index in [2.05, 4.69) is 10.6 Å². The third-order valence-electron chi connectivity index (χ3n) is 6.25. The number of nitrogens with one attached hydrogen (secondary N) is 2. The summed E-state index contributed by atoms with van der Waals surface area (Å²) in [4.78, 5) is 42.9. The molecule has 3 aromatic rings. The lowest BCUT2D eigenvalue weighted by Crippen LogP contribution is -2.59. The van der Waals surface area contributed by atoms with Gasteiger partial charge in [-0.2, -0.15) is 0 Å². The first kappa shape index (κ1) is 25.2. The molecule has 2 unspecified atom stereocenters. The van der Waals surface area contributed by atoms with Gasteiger partial charge in [0.1, 0.15) is 12.1 Å². The molecule has 0 saturated carbocycles. The highest BCUT2D eigenvalue weighted by Gasteiger charge is 2.42. The van der Waals surface area contributed by atoms with Crippen LogP contribution in [-0.2, 0) is 22.4 Å². The predicted molar refractivity (Wildman–Crippen MR) is 142 cm³/mol. The van der Waals surface area contributed by atoms with E-state index >= 15 is 0 Å². The second-order valence-electron chi connectivity index (χ2n) is 10.2. The molecule has 1 heterocycles. The molecule has 6 heteroatoms. The molecule has 36 heavy (non-hydrogen) atoms. The Morgan fingerprint density at radius 3 is 2.11 bits per heavy atom. The summed E-state index contributed by atoms with van der Waals surface area (Å²) < 4.78 is 0. The normalized spacial score (nSPS) is 16.5. The molecule has 4 rings (SSSR count). The number of hydrogen-bond acceptors (Lipinski definition) is 3. The smallest absolute Gasteiger partial charge is 0.257 e. The molecular weight excluding hydrogens is 450 g/mol. The number of anilines is 1. The van der Waals surface area contributed by atoms with Crippen LogP contribution in [-0.4, -0.2) is 40.2 Å². The fourth-order valence-electron chi connectivity index (χ4n) is 4.59. The molecular formula is C30H33N3O3. The molecule has 1 aliphatic rings. The summed E-state index contributed by atoms with van der Waals surface area (Å²) in [6.07, 6.45) is 1.28. The van der Waals surface area contributed by atoms with Crippen LogP contribution in [0.15, 0.2) is 84.9 Å². The summed E-state index contributed by atoms with van der Waals surface area (Å²) in [6, 6.07) is 24.8. The van der Waals surface area contributed by atoms with Gasteiger partial charge < -0.3 is 15.5 Å². The summed E-state index contributed by atoms with van der Waals surface area (Å²) in [5.41, 5.74) is 2.34. The third kappa shape index (κ3) is 6.00. The van der Waals surface area contributed by atoms with E-state index in [1.165, 1.54) is 4.90 Å². The van der Waals surface area contributed by atoms with Gasteiger partial charge in [-0.15, -0.1) is 0 Å². The van der Waals surface area contributed by atoms with E-state index in [9.17, 15) is 14.4 Å². The van der Waals surface area contributed by atoms with Gasteiger partial charge in [0.05, 0.1) is 11.3 Å². The Balaban J connectivity index is 1.78. The molecule has 2 atom stereocenters. The van der Waals surface area contributed by atoms with Crippen molar-refractivity contribution in [2.24, 2.45) is 0 Å². The van der Waals surface area contributed by atoms with Gasteiger partial charge >= 0.3 is 0 Å². The Hall–Kier alpha value is -3.93. The van der Waals surface area contributed by atoms with Gasteiger partial charge in [0.25, 0.3) is 5.91 Å². The lowest BCUT2D eigenvalue weighted by Gasteiger charge is -2.37. The van der Waals surface area contributed by atoms with Crippen molar-refractivity contribution in [1.82, 2.24) is 10.2 Å². The number of fused-ring (bicyclic) bond motifs is 1. The zero-order valence-electron chi connectivity index (χ0n) is 21.0. The highest BCUT2D eigenvalue weighted by atomic mass is 16.2. The van der Waals surface area contributed by atoms with Crippen LogP contribution in [0.4, 0.5) is 5.69 Å². The van der Waals surface area contributed by atoms with Gasteiger partial charge in [-0.25, -0.2) is 0 Å². The number of hydrogen-bond donors (Lipinski definition) is 2. The fourth-order valence-corrected chi connectivity index (χ4v) is 4.59. The Kier molecular flexibility index (Phi) is 7.53. The number of benzene rings is 3. The van der Waals surface area contributed by atoms with E-state index in [4.69, 9.17) is 0 Å². The van der Waals surface area contributed by atoms with Crippen molar-refractivity contribution < 1.29 is 14.4 Å². The number of amides is 3. The third-order valence-corrected chi connectivity index (χ3v) is 6.25. The number of carbonyl (C=O) groups is 3. The van der Waals surface area contributed by atoms with E-state index in [-0.39, 0.29) is 17.7 Å². The lowest BCUT2D eigenvalue weighted by atomic mass is 9.96. The van der Waals surface area contributed by atoms with Gasteiger partial charge in [-0.05, 0) is 56.9 Å². The number of rotatable bonds is 7. The maximum absolute atomic E-state index is 14.1. The molecule has 0 spiro atoms. The minimum absolute atomic E-state index is 0.267. The van der Waals surface area contributed by atoms with Crippen molar-refractivity contribution in [2.45, 2.75) is 57.7 Å². The average Bonchev–Trinajstić information content (AvgIpc) is 2.94. The second kappa shape index (κ2) is 10.8. The Morgan fingerprint density at radius 2 is 1.47 bits per heavy atom. The molecule has 2 N–H and O–H groups in total. The van der Waals surface area contributed by atoms with Crippen LogP contribution >= 0.6 is 0 Å². The fraction of sp³-hybridized carbons (Fsp3) is 0.300. The molecule has 186 valence electrons. The van der Waals surface area contributed by atoms with Crippen LogP contribution in [0, 0.1) is 0 Å². The molecule has 3 amide bonds. The quantitative estimate of drug-likeness (QED) is 0.515. The highest BCUT2D eigenvalue weighted by molar-refractivity contribution is 6.11. The van der Waals surface area contributed by atoms with Crippen molar-refractivity contribution >= 4 is 23.4 Å². The summed E-state index contributed by atoms with van der Waals surface area (Å²) in [7, 11) is 0. The average molecular weight is 484 g/mol. The number of aryl methyl sites for hydroxylation is 1. The standard InChI is InChI=1S/C30H33N3O3/c1-30(2,3)32-28(35)25(19-18-21-12-6-4-7-13-21)33-26(20-22-14-8-5-9-15-22)27(34)31-24-17-11-10-16-23(24)29(33)36/h4-17,25-26H,18-20H2,1-3H3,(H,31,34)(H,32,35). The first-order chi connectivity index (χ1) is 17.2. The van der Waals surface area contributed by atoms with Crippen LogP contribution in [0.2, 0.25) is 0 Å². The summed E-state index contributed by atoms with van der Waals surface area (Å²) in [5.74, 6) is -0.894. The first-order valence-corrected chi connectivity index (χ1v) is 12.4. The van der Waals surface area contributed by atoms with E-state index in [0.717, 1.165) is 11.1 Å². The number of carbonyl (C=O) groups excluding carboxylic acids is 3. The monoisotopic (exact) mass is 483 g/mol. The molecule has 1 aliphatic heterocycles. The van der Waals surface area contributed by atoms with Crippen LogP contribution < -0.4 is 10.6 Å². The second-order valence-corrected chi connectivity index (χ2v) is 10.2. The van der Waals surface area contributed by atoms with Gasteiger partial charge in [-0.1, -0.05) is 72.8 Å². The Labute approximate surface area is 212 Å². The van der Waals surface area contributed by atoms with Gasteiger partial charge in [0, 0.05) is 12.0 Å². The molecule has 0 fully saturated rings. The van der Waals surface area contributed by atoms with E-state index in [1.54, 1.807) is 24.3 Å². The van der Waals surface area contributed by atoms with Gasteiger partial charge in [0.2, 0.25) is 11.8 Å². The number of para-hydroxylation sites is 1. The zero-order valence-corrected chi connectivity index (χ0v) is 21.0. The van der Waals surface area contributed by atoms with Gasteiger partial charge in [-0.3, -0.25) is 14.4 Å². The molecule has 0 aromatic heterocycles. The van der Waals surface area contributed by atoms with Crippen LogP contribution in [0.25, 0.3) is 0 Å². The minimum Gasteiger partial charge on any atom is -0.350 e. The highest BCUT2D eigenvalue weighted by Crippen LogP contribution is 2.28.